The van der Waals surface area contributed by atoms with Crippen LogP contribution in [-0.2, 0) is 13.1 Å². The number of rotatable bonds is 5. The lowest BCUT2D eigenvalue weighted by atomic mass is 10.1. The second-order valence-electron chi connectivity index (χ2n) is 5.04. The molecule has 1 heterocycles. The van der Waals surface area contributed by atoms with Crippen LogP contribution in [0.2, 0.25) is 0 Å². The summed E-state index contributed by atoms with van der Waals surface area (Å²) in [5.74, 6) is 0.901. The fraction of sp³-hybridized carbons (Fsp3) is 0.769. The quantitative estimate of drug-likeness (QED) is 0.828. The Morgan fingerprint density at radius 3 is 3.06 bits per heavy atom. The van der Waals surface area contributed by atoms with Crippen LogP contribution in [0.1, 0.15) is 45.2 Å². The van der Waals surface area contributed by atoms with Crippen molar-refractivity contribution in [2.75, 3.05) is 0 Å². The Balaban J connectivity index is 1.82. The minimum Gasteiger partial charge on any atom is -0.308 e. The predicted octanol–water partition coefficient (Wildman–Crippen LogP) is 2.57. The molecule has 2 rings (SSSR count). The number of hydrogen-bond donors (Lipinski definition) is 1. The molecule has 0 aromatic carbocycles. The molecule has 0 radical (unpaired) electrons. The summed E-state index contributed by atoms with van der Waals surface area (Å²) in [6.45, 7) is 6.54. The van der Waals surface area contributed by atoms with Crippen molar-refractivity contribution in [2.24, 2.45) is 5.92 Å². The molecule has 1 saturated carbocycles. The molecule has 1 fully saturated rings. The van der Waals surface area contributed by atoms with E-state index in [2.05, 4.69) is 35.0 Å². The summed E-state index contributed by atoms with van der Waals surface area (Å²) in [5.41, 5.74) is 1.32. The summed E-state index contributed by atoms with van der Waals surface area (Å²) < 4.78 is 2.12. The first-order valence-electron chi connectivity index (χ1n) is 6.53. The first kappa shape index (κ1) is 11.6. The third kappa shape index (κ3) is 2.85. The Morgan fingerprint density at radius 1 is 1.50 bits per heavy atom. The zero-order valence-electron chi connectivity index (χ0n) is 10.4. The topological polar surface area (TPSA) is 29.9 Å². The lowest BCUT2D eigenvalue weighted by Crippen LogP contribution is -2.27. The van der Waals surface area contributed by atoms with Gasteiger partial charge in [0, 0.05) is 25.3 Å². The minimum absolute atomic E-state index is 0.722. The maximum absolute atomic E-state index is 4.34. The summed E-state index contributed by atoms with van der Waals surface area (Å²) in [6.07, 6.45) is 7.11. The van der Waals surface area contributed by atoms with Crippen molar-refractivity contribution in [3.05, 3.63) is 18.0 Å². The molecule has 0 spiro atoms. The molecular formula is C13H23N3. The molecule has 0 bridgehead atoms. The summed E-state index contributed by atoms with van der Waals surface area (Å²) in [5, 5.41) is 8.00. The van der Waals surface area contributed by atoms with Crippen LogP contribution in [0.5, 0.6) is 0 Å². The maximum atomic E-state index is 4.34. The van der Waals surface area contributed by atoms with Crippen LogP contribution in [-0.4, -0.2) is 15.8 Å². The highest BCUT2D eigenvalue weighted by Gasteiger charge is 2.20. The molecule has 1 N–H and O–H groups in total. The van der Waals surface area contributed by atoms with Crippen LogP contribution < -0.4 is 5.32 Å². The first-order valence-corrected chi connectivity index (χ1v) is 6.53. The second-order valence-corrected chi connectivity index (χ2v) is 5.04. The number of nitrogens with one attached hydrogen (secondary N) is 1. The summed E-state index contributed by atoms with van der Waals surface area (Å²) in [7, 11) is 0. The predicted molar refractivity (Wildman–Crippen MR) is 66.2 cm³/mol. The van der Waals surface area contributed by atoms with Gasteiger partial charge in [0.15, 0.2) is 0 Å². The summed E-state index contributed by atoms with van der Waals surface area (Å²) in [4.78, 5) is 0. The van der Waals surface area contributed by atoms with Crippen LogP contribution in [0, 0.1) is 5.92 Å². The molecule has 2 atom stereocenters. The van der Waals surface area contributed by atoms with Crippen molar-refractivity contribution in [2.45, 2.75) is 58.7 Å². The zero-order chi connectivity index (χ0) is 11.4. The molecule has 90 valence electrons. The van der Waals surface area contributed by atoms with Crippen LogP contribution in [0.15, 0.2) is 12.3 Å². The molecule has 0 amide bonds. The van der Waals surface area contributed by atoms with E-state index >= 15 is 0 Å². The standard InChI is InChI=1S/C13H23N3/c1-3-8-16-13(6-7-15-16)10-14-12-5-4-11(2)9-12/h6-7,11-12,14H,3-5,8-10H2,1-2H3. The van der Waals surface area contributed by atoms with E-state index in [-0.39, 0.29) is 0 Å². The van der Waals surface area contributed by atoms with E-state index in [0.717, 1.165) is 31.5 Å². The Bertz CT molecular complexity index is 319. The fourth-order valence-corrected chi connectivity index (χ4v) is 2.56. The molecule has 1 aliphatic carbocycles. The third-order valence-corrected chi connectivity index (χ3v) is 3.51. The van der Waals surface area contributed by atoms with E-state index in [9.17, 15) is 0 Å². The molecule has 3 nitrogen and oxygen atoms in total. The van der Waals surface area contributed by atoms with Gasteiger partial charge in [0.1, 0.15) is 0 Å². The van der Waals surface area contributed by atoms with Gasteiger partial charge in [-0.2, -0.15) is 5.10 Å². The van der Waals surface area contributed by atoms with Gasteiger partial charge in [-0.1, -0.05) is 13.8 Å². The number of aromatic nitrogens is 2. The Labute approximate surface area is 98.2 Å². The third-order valence-electron chi connectivity index (χ3n) is 3.51. The van der Waals surface area contributed by atoms with Crippen molar-refractivity contribution in [1.29, 1.82) is 0 Å². The van der Waals surface area contributed by atoms with Gasteiger partial charge in [-0.3, -0.25) is 4.68 Å². The molecule has 1 aromatic heterocycles. The van der Waals surface area contributed by atoms with Gasteiger partial charge in [0.25, 0.3) is 0 Å². The molecule has 3 heteroatoms. The first-order chi connectivity index (χ1) is 7.79. The highest BCUT2D eigenvalue weighted by atomic mass is 15.3. The van der Waals surface area contributed by atoms with E-state index < -0.39 is 0 Å². The van der Waals surface area contributed by atoms with Gasteiger partial charge in [0.2, 0.25) is 0 Å². The molecule has 0 saturated heterocycles. The highest BCUT2D eigenvalue weighted by Crippen LogP contribution is 2.24. The van der Waals surface area contributed by atoms with E-state index in [1.54, 1.807) is 0 Å². The monoisotopic (exact) mass is 221 g/mol. The van der Waals surface area contributed by atoms with Gasteiger partial charge in [0.05, 0.1) is 5.69 Å². The zero-order valence-corrected chi connectivity index (χ0v) is 10.4. The van der Waals surface area contributed by atoms with E-state index in [0.29, 0.717) is 0 Å². The van der Waals surface area contributed by atoms with Crippen molar-refractivity contribution in [1.82, 2.24) is 15.1 Å². The smallest absolute Gasteiger partial charge is 0.0522 e. The van der Waals surface area contributed by atoms with Crippen molar-refractivity contribution in [3.8, 4) is 0 Å². The van der Waals surface area contributed by atoms with Crippen molar-refractivity contribution < 1.29 is 0 Å². The number of aryl methyl sites for hydroxylation is 1. The Hall–Kier alpha value is -0.830. The van der Waals surface area contributed by atoms with Gasteiger partial charge in [-0.15, -0.1) is 0 Å². The van der Waals surface area contributed by atoms with E-state index in [1.807, 2.05) is 6.20 Å². The lowest BCUT2D eigenvalue weighted by Gasteiger charge is -2.13. The van der Waals surface area contributed by atoms with E-state index in [4.69, 9.17) is 0 Å². The molecular weight excluding hydrogens is 198 g/mol. The molecule has 1 aliphatic rings. The van der Waals surface area contributed by atoms with Crippen LogP contribution in [0.4, 0.5) is 0 Å². The van der Waals surface area contributed by atoms with Crippen molar-refractivity contribution >= 4 is 0 Å². The van der Waals surface area contributed by atoms with Crippen LogP contribution in [0.3, 0.4) is 0 Å². The molecule has 1 aromatic rings. The number of hydrogen-bond acceptors (Lipinski definition) is 2. The second kappa shape index (κ2) is 5.48. The maximum Gasteiger partial charge on any atom is 0.0522 e. The lowest BCUT2D eigenvalue weighted by molar-refractivity contribution is 0.478. The SMILES string of the molecule is CCCn1nccc1CNC1CCC(C)C1. The Morgan fingerprint density at radius 2 is 2.38 bits per heavy atom. The summed E-state index contributed by atoms with van der Waals surface area (Å²) in [6, 6.07) is 2.85. The largest absolute Gasteiger partial charge is 0.308 e. The highest BCUT2D eigenvalue weighted by molar-refractivity contribution is 5.00. The van der Waals surface area contributed by atoms with Crippen molar-refractivity contribution in [3.63, 3.8) is 0 Å². The van der Waals surface area contributed by atoms with Gasteiger partial charge >= 0.3 is 0 Å². The van der Waals surface area contributed by atoms with Crippen LogP contribution in [0.25, 0.3) is 0 Å². The Kier molecular flexibility index (Phi) is 3.99. The molecule has 16 heavy (non-hydrogen) atoms. The average molecular weight is 221 g/mol. The van der Waals surface area contributed by atoms with Gasteiger partial charge in [-0.05, 0) is 37.7 Å². The van der Waals surface area contributed by atoms with E-state index in [1.165, 1.54) is 25.0 Å². The normalized spacial score (nSPS) is 25.1. The van der Waals surface area contributed by atoms with Crippen LogP contribution >= 0.6 is 0 Å². The molecule has 0 aliphatic heterocycles. The summed E-state index contributed by atoms with van der Waals surface area (Å²) >= 11 is 0. The number of nitrogens with zero attached hydrogens (tertiary/aromatic N) is 2. The average Bonchev–Trinajstić information content (AvgIpc) is 2.85. The fourth-order valence-electron chi connectivity index (χ4n) is 2.56. The van der Waals surface area contributed by atoms with Gasteiger partial charge in [-0.25, -0.2) is 0 Å². The minimum atomic E-state index is 0.722. The molecule has 2 unspecified atom stereocenters. The van der Waals surface area contributed by atoms with Gasteiger partial charge < -0.3 is 5.32 Å².